The second-order valence-electron chi connectivity index (χ2n) is 5.40. The molecule has 0 radical (unpaired) electrons. The lowest BCUT2D eigenvalue weighted by molar-refractivity contribution is -0.135. The van der Waals surface area contributed by atoms with Gasteiger partial charge in [-0.05, 0) is 43.0 Å². The fourth-order valence-electron chi connectivity index (χ4n) is 2.51. The summed E-state index contributed by atoms with van der Waals surface area (Å²) in [6.45, 7) is 1.82. The standard InChI is InChI=1S/C16H16ClN3O4S2/c1-9-12(14(21)23-3)25-16(19(9)2)20(11-7-5-10(17)6-8-11)18-13(26-16)15(22)24-4/h5-8H,1-4H3/t16-/m0/s1. The van der Waals surface area contributed by atoms with E-state index in [-0.39, 0.29) is 5.04 Å². The van der Waals surface area contributed by atoms with Crippen LogP contribution in [0.25, 0.3) is 0 Å². The van der Waals surface area contributed by atoms with Gasteiger partial charge in [-0.2, -0.15) is 5.10 Å². The second-order valence-corrected chi connectivity index (χ2v) is 8.44. The molecule has 0 amide bonds. The Morgan fingerprint density at radius 1 is 1.12 bits per heavy atom. The minimum absolute atomic E-state index is 0.195. The SMILES string of the molecule is COC(=O)C1=NN(c2ccc(Cl)cc2)[C@]2(S1)SC(C(=O)OC)=C(C)N2C. The summed E-state index contributed by atoms with van der Waals surface area (Å²) >= 11 is 8.47. The molecule has 2 aliphatic rings. The van der Waals surface area contributed by atoms with E-state index in [1.54, 1.807) is 29.3 Å². The maximum atomic E-state index is 12.2. The molecule has 0 N–H and O–H groups in total. The van der Waals surface area contributed by atoms with Gasteiger partial charge in [-0.25, -0.2) is 14.6 Å². The summed E-state index contributed by atoms with van der Waals surface area (Å²) in [6, 6.07) is 7.08. The van der Waals surface area contributed by atoms with Crippen LogP contribution in [0.5, 0.6) is 0 Å². The highest BCUT2D eigenvalue weighted by Crippen LogP contribution is 2.58. The highest BCUT2D eigenvalue weighted by molar-refractivity contribution is 8.28. The molecule has 26 heavy (non-hydrogen) atoms. The van der Waals surface area contributed by atoms with Gasteiger partial charge in [0.2, 0.25) is 9.37 Å². The van der Waals surface area contributed by atoms with Crippen LogP contribution in [-0.4, -0.2) is 47.5 Å². The number of nitrogens with zero attached hydrogens (tertiary/aromatic N) is 3. The summed E-state index contributed by atoms with van der Waals surface area (Å²) in [7, 11) is 4.48. The minimum Gasteiger partial charge on any atom is -0.465 e. The Bertz CT molecular complexity index is 827. The maximum absolute atomic E-state index is 12.2. The number of hydrogen-bond donors (Lipinski definition) is 0. The van der Waals surface area contributed by atoms with E-state index in [1.807, 2.05) is 18.9 Å². The van der Waals surface area contributed by atoms with Crippen LogP contribution in [0.2, 0.25) is 5.02 Å². The fraction of sp³-hybridized carbons (Fsp3) is 0.312. The topological polar surface area (TPSA) is 71.4 Å². The van der Waals surface area contributed by atoms with Crippen LogP contribution in [0.1, 0.15) is 6.92 Å². The van der Waals surface area contributed by atoms with Gasteiger partial charge in [0.1, 0.15) is 4.91 Å². The number of carbonyl (C=O) groups excluding carboxylic acids is 2. The van der Waals surface area contributed by atoms with Gasteiger partial charge in [0.15, 0.2) is 0 Å². The Balaban J connectivity index is 2.06. The predicted molar refractivity (Wildman–Crippen MR) is 104 cm³/mol. The van der Waals surface area contributed by atoms with Gasteiger partial charge >= 0.3 is 11.9 Å². The lowest BCUT2D eigenvalue weighted by atomic mass is 10.3. The molecule has 0 fully saturated rings. The van der Waals surface area contributed by atoms with Gasteiger partial charge in [-0.15, -0.1) is 0 Å². The van der Waals surface area contributed by atoms with E-state index >= 15 is 0 Å². The summed E-state index contributed by atoms with van der Waals surface area (Å²) in [4.78, 5) is 26.6. The number of carbonyl (C=O) groups is 2. The Kier molecular flexibility index (Phi) is 5.14. The van der Waals surface area contributed by atoms with Gasteiger partial charge in [-0.3, -0.25) is 0 Å². The lowest BCUT2D eigenvalue weighted by Crippen LogP contribution is -2.47. The zero-order chi connectivity index (χ0) is 19.1. The molecule has 1 aromatic rings. The molecule has 0 saturated carbocycles. The molecule has 0 unspecified atom stereocenters. The van der Waals surface area contributed by atoms with Crippen molar-refractivity contribution in [3.8, 4) is 0 Å². The summed E-state index contributed by atoms with van der Waals surface area (Å²) in [5.41, 5.74) is 1.45. The lowest BCUT2D eigenvalue weighted by Gasteiger charge is -2.39. The van der Waals surface area contributed by atoms with Crippen molar-refractivity contribution in [2.24, 2.45) is 5.10 Å². The molecule has 2 aliphatic heterocycles. The van der Waals surface area contributed by atoms with Crippen LogP contribution in [0.15, 0.2) is 40.0 Å². The molecule has 1 spiro atoms. The van der Waals surface area contributed by atoms with Crippen LogP contribution in [-0.2, 0) is 19.1 Å². The van der Waals surface area contributed by atoms with Gasteiger partial charge in [0, 0.05) is 17.8 Å². The second kappa shape index (κ2) is 7.05. The number of rotatable bonds is 3. The van der Waals surface area contributed by atoms with Crippen molar-refractivity contribution in [2.75, 3.05) is 26.3 Å². The predicted octanol–water partition coefficient (Wildman–Crippen LogP) is 3.07. The molecule has 0 aromatic heterocycles. The number of anilines is 1. The molecule has 138 valence electrons. The highest BCUT2D eigenvalue weighted by Gasteiger charge is 2.56. The van der Waals surface area contributed by atoms with Crippen molar-refractivity contribution in [2.45, 2.75) is 11.3 Å². The minimum atomic E-state index is -0.884. The van der Waals surface area contributed by atoms with Crippen molar-refractivity contribution < 1.29 is 19.1 Å². The maximum Gasteiger partial charge on any atom is 0.365 e. The van der Waals surface area contributed by atoms with Crippen LogP contribution < -0.4 is 5.01 Å². The third-order valence-corrected chi connectivity index (χ3v) is 7.27. The van der Waals surface area contributed by atoms with Gasteiger partial charge in [-0.1, -0.05) is 23.4 Å². The molecule has 7 nitrogen and oxygen atoms in total. The smallest absolute Gasteiger partial charge is 0.365 e. The number of hydrazone groups is 1. The van der Waals surface area contributed by atoms with Crippen LogP contribution in [0.3, 0.4) is 0 Å². The molecular weight excluding hydrogens is 398 g/mol. The van der Waals surface area contributed by atoms with E-state index in [4.69, 9.17) is 21.1 Å². The molecule has 0 bridgehead atoms. The average Bonchev–Trinajstić information content (AvgIpc) is 3.15. The normalized spacial score (nSPS) is 22.1. The van der Waals surface area contributed by atoms with Gasteiger partial charge in [0.05, 0.1) is 19.9 Å². The molecular formula is C16H16ClN3O4S2. The van der Waals surface area contributed by atoms with E-state index in [2.05, 4.69) is 5.10 Å². The number of hydrogen-bond acceptors (Lipinski definition) is 9. The molecule has 10 heteroatoms. The van der Waals surface area contributed by atoms with E-state index in [1.165, 1.54) is 37.7 Å². The molecule has 0 aliphatic carbocycles. The van der Waals surface area contributed by atoms with Crippen LogP contribution in [0.4, 0.5) is 5.69 Å². The summed E-state index contributed by atoms with van der Waals surface area (Å²) in [5.74, 6) is -0.969. The van der Waals surface area contributed by atoms with Crippen LogP contribution in [0, 0.1) is 0 Å². The number of halogens is 1. The van der Waals surface area contributed by atoms with E-state index in [0.29, 0.717) is 9.93 Å². The van der Waals surface area contributed by atoms with Crippen LogP contribution >= 0.6 is 35.1 Å². The van der Waals surface area contributed by atoms with Gasteiger partial charge in [0.25, 0.3) is 0 Å². The van der Waals surface area contributed by atoms with E-state index in [9.17, 15) is 9.59 Å². The summed E-state index contributed by atoms with van der Waals surface area (Å²) in [5, 5.41) is 6.92. The summed E-state index contributed by atoms with van der Waals surface area (Å²) < 4.78 is 8.83. The van der Waals surface area contributed by atoms with Crippen molar-refractivity contribution in [1.82, 2.24) is 4.90 Å². The zero-order valence-corrected chi connectivity index (χ0v) is 16.9. The zero-order valence-electron chi connectivity index (χ0n) is 14.5. The molecule has 1 atom stereocenters. The van der Waals surface area contributed by atoms with Crippen molar-refractivity contribution >= 4 is 57.8 Å². The van der Waals surface area contributed by atoms with E-state index < -0.39 is 16.3 Å². The Labute approximate surface area is 164 Å². The first-order valence-electron chi connectivity index (χ1n) is 7.48. The number of allylic oxidation sites excluding steroid dienone is 1. The number of methoxy groups -OCH3 is 2. The van der Waals surface area contributed by atoms with Crippen molar-refractivity contribution in [1.29, 1.82) is 0 Å². The Morgan fingerprint density at radius 2 is 1.73 bits per heavy atom. The fourth-order valence-corrected chi connectivity index (χ4v) is 5.56. The first-order chi connectivity index (χ1) is 12.3. The first kappa shape index (κ1) is 18.9. The number of ether oxygens (including phenoxy) is 2. The number of thioether (sulfide) groups is 2. The monoisotopic (exact) mass is 413 g/mol. The van der Waals surface area contributed by atoms with E-state index in [0.717, 1.165) is 11.4 Å². The molecule has 2 heterocycles. The third-order valence-electron chi connectivity index (χ3n) is 3.98. The average molecular weight is 414 g/mol. The number of esters is 2. The van der Waals surface area contributed by atoms with Gasteiger partial charge < -0.3 is 14.4 Å². The molecule has 0 saturated heterocycles. The Morgan fingerprint density at radius 3 is 2.31 bits per heavy atom. The largest absolute Gasteiger partial charge is 0.465 e. The third kappa shape index (κ3) is 2.93. The quantitative estimate of drug-likeness (QED) is 0.700. The Hall–Kier alpha value is -1.84. The number of benzene rings is 1. The highest BCUT2D eigenvalue weighted by atomic mass is 35.5. The summed E-state index contributed by atoms with van der Waals surface area (Å²) in [6.07, 6.45) is 0. The van der Waals surface area contributed by atoms with Crippen molar-refractivity contribution in [3.63, 3.8) is 0 Å². The first-order valence-corrected chi connectivity index (χ1v) is 9.49. The van der Waals surface area contributed by atoms with Crippen molar-refractivity contribution in [3.05, 3.63) is 39.9 Å². The molecule has 3 rings (SSSR count). The molecule has 1 aromatic carbocycles.